The predicted molar refractivity (Wildman–Crippen MR) is 43.9 cm³/mol. The van der Waals surface area contributed by atoms with Gasteiger partial charge in [0, 0.05) is 6.42 Å². The molecular weight excluding hydrogens is 156 g/mol. The molecule has 0 spiro atoms. The second-order valence-corrected chi connectivity index (χ2v) is 3.28. The molecule has 1 aliphatic rings. The first-order valence-corrected chi connectivity index (χ1v) is 4.20. The molecule has 12 heavy (non-hydrogen) atoms. The summed E-state index contributed by atoms with van der Waals surface area (Å²) in [4.78, 5) is 11.1. The molecule has 1 atom stereocenters. The van der Waals surface area contributed by atoms with E-state index in [2.05, 4.69) is 5.16 Å². The van der Waals surface area contributed by atoms with Gasteiger partial charge in [-0.25, -0.2) is 0 Å². The zero-order chi connectivity index (χ0) is 8.55. The van der Waals surface area contributed by atoms with Crippen LogP contribution in [0.1, 0.15) is 17.7 Å². The van der Waals surface area contributed by atoms with Gasteiger partial charge in [0.2, 0.25) is 0 Å². The van der Waals surface area contributed by atoms with E-state index in [0.29, 0.717) is 12.5 Å². The molecule has 2 rings (SSSR count). The summed E-state index contributed by atoms with van der Waals surface area (Å²) in [5.41, 5.74) is 6.26. The molecule has 0 aromatic carbocycles. The number of aromatic amines is 1. The van der Waals surface area contributed by atoms with Crippen LogP contribution in [-0.2, 0) is 12.8 Å². The molecule has 1 aromatic rings. The van der Waals surface area contributed by atoms with Gasteiger partial charge in [-0.15, -0.1) is 0 Å². The van der Waals surface area contributed by atoms with E-state index >= 15 is 0 Å². The summed E-state index contributed by atoms with van der Waals surface area (Å²) in [6.45, 7) is 0.657. The van der Waals surface area contributed by atoms with Crippen LogP contribution < -0.4 is 11.3 Å². The van der Waals surface area contributed by atoms with Crippen molar-refractivity contribution in [2.75, 3.05) is 6.54 Å². The van der Waals surface area contributed by atoms with E-state index < -0.39 is 0 Å². The number of hydrogen-bond donors (Lipinski definition) is 2. The van der Waals surface area contributed by atoms with E-state index in [9.17, 15) is 4.79 Å². The number of nitrogens with one attached hydrogen (secondary N) is 1. The van der Waals surface area contributed by atoms with E-state index in [1.165, 1.54) is 0 Å². The lowest BCUT2D eigenvalue weighted by atomic mass is 9.88. The molecule has 4 nitrogen and oxygen atoms in total. The smallest absolute Gasteiger partial charge is 0.283 e. The molecule has 0 saturated carbocycles. The summed E-state index contributed by atoms with van der Waals surface area (Å²) in [7, 11) is 0. The highest BCUT2D eigenvalue weighted by Crippen LogP contribution is 2.21. The molecule has 0 radical (unpaired) electrons. The highest BCUT2D eigenvalue weighted by Gasteiger charge is 2.22. The highest BCUT2D eigenvalue weighted by atomic mass is 16.5. The summed E-state index contributed by atoms with van der Waals surface area (Å²) >= 11 is 0. The summed E-state index contributed by atoms with van der Waals surface area (Å²) in [6, 6.07) is 0. The van der Waals surface area contributed by atoms with Crippen molar-refractivity contribution in [3.8, 4) is 0 Å². The molecule has 4 heteroatoms. The Kier molecular flexibility index (Phi) is 1.77. The summed E-state index contributed by atoms with van der Waals surface area (Å²) in [5.74, 6) is 1.28. The van der Waals surface area contributed by atoms with Gasteiger partial charge in [0.05, 0.1) is 5.56 Å². The van der Waals surface area contributed by atoms with Crippen LogP contribution in [0.5, 0.6) is 0 Å². The van der Waals surface area contributed by atoms with Crippen LogP contribution in [0.15, 0.2) is 9.32 Å². The number of hydrogen-bond acceptors (Lipinski definition) is 3. The van der Waals surface area contributed by atoms with E-state index in [4.69, 9.17) is 10.3 Å². The summed E-state index contributed by atoms with van der Waals surface area (Å²) < 4.78 is 5.00. The molecule has 66 valence electrons. The fourth-order valence-electron chi connectivity index (χ4n) is 1.69. The Morgan fingerprint density at radius 2 is 2.50 bits per heavy atom. The lowest BCUT2D eigenvalue weighted by molar-refractivity contribution is 0.349. The maximum atomic E-state index is 11.1. The Morgan fingerprint density at radius 3 is 3.25 bits per heavy atom. The van der Waals surface area contributed by atoms with Crippen molar-refractivity contribution in [3.63, 3.8) is 0 Å². The van der Waals surface area contributed by atoms with Crippen LogP contribution in [0, 0.1) is 5.92 Å². The topological polar surface area (TPSA) is 72.0 Å². The number of H-pyrrole nitrogens is 1. The van der Waals surface area contributed by atoms with Gasteiger partial charge in [-0.1, -0.05) is 0 Å². The maximum Gasteiger partial charge on any atom is 0.283 e. The van der Waals surface area contributed by atoms with E-state index in [1.54, 1.807) is 0 Å². The Hall–Kier alpha value is -1.03. The molecule has 1 unspecified atom stereocenters. The molecule has 3 N–H and O–H groups in total. The zero-order valence-corrected chi connectivity index (χ0v) is 6.80. The van der Waals surface area contributed by atoms with Gasteiger partial charge in [0.25, 0.3) is 5.56 Å². The highest BCUT2D eigenvalue weighted by molar-refractivity contribution is 5.17. The lowest BCUT2D eigenvalue weighted by Crippen LogP contribution is -2.24. The summed E-state index contributed by atoms with van der Waals surface area (Å²) in [5, 5.41) is 2.35. The molecule has 0 amide bonds. The van der Waals surface area contributed by atoms with E-state index in [1.807, 2.05) is 0 Å². The number of fused-ring (bicyclic) bond motifs is 1. The quantitative estimate of drug-likeness (QED) is 0.621. The third kappa shape index (κ3) is 1.08. The van der Waals surface area contributed by atoms with Gasteiger partial charge in [0.15, 0.2) is 0 Å². The third-order valence-corrected chi connectivity index (χ3v) is 2.48. The Morgan fingerprint density at radius 1 is 1.67 bits per heavy atom. The van der Waals surface area contributed by atoms with Crippen LogP contribution >= 0.6 is 0 Å². The van der Waals surface area contributed by atoms with E-state index in [-0.39, 0.29) is 5.56 Å². The monoisotopic (exact) mass is 168 g/mol. The van der Waals surface area contributed by atoms with Crippen LogP contribution in [0.4, 0.5) is 0 Å². The number of nitrogens with two attached hydrogens (primary N) is 1. The van der Waals surface area contributed by atoms with Gasteiger partial charge in [-0.05, 0) is 25.3 Å². The average molecular weight is 168 g/mol. The number of rotatable bonds is 1. The van der Waals surface area contributed by atoms with Crippen LogP contribution in [0.2, 0.25) is 0 Å². The lowest BCUT2D eigenvalue weighted by Gasteiger charge is -2.17. The molecule has 1 heterocycles. The van der Waals surface area contributed by atoms with Crippen LogP contribution in [0.25, 0.3) is 0 Å². The molecule has 0 fully saturated rings. The molecular formula is C8H12N2O2. The second kappa shape index (κ2) is 2.79. The van der Waals surface area contributed by atoms with Crippen molar-refractivity contribution in [1.29, 1.82) is 0 Å². The minimum absolute atomic E-state index is 0.0804. The van der Waals surface area contributed by atoms with Crippen LogP contribution in [0.3, 0.4) is 0 Å². The first kappa shape index (κ1) is 7.61. The van der Waals surface area contributed by atoms with Gasteiger partial charge in [0.1, 0.15) is 5.76 Å². The molecule has 1 aliphatic carbocycles. The van der Waals surface area contributed by atoms with E-state index in [0.717, 1.165) is 30.6 Å². The van der Waals surface area contributed by atoms with Crippen molar-refractivity contribution in [2.45, 2.75) is 19.3 Å². The maximum absolute atomic E-state index is 11.1. The van der Waals surface area contributed by atoms with Gasteiger partial charge in [-0.2, -0.15) is 5.16 Å². The number of aromatic nitrogens is 1. The standard InChI is InChI=1S/C8H12N2O2/c9-4-5-1-2-7-6(3-5)8(11)10-12-7/h5H,1-4,9H2,(H,10,11). The SMILES string of the molecule is NCC1CCc2o[nH]c(=O)c2C1. The minimum atomic E-state index is -0.0804. The van der Waals surface area contributed by atoms with Gasteiger partial charge >= 0.3 is 0 Å². The fraction of sp³-hybridized carbons (Fsp3) is 0.625. The van der Waals surface area contributed by atoms with Crippen molar-refractivity contribution in [2.24, 2.45) is 11.7 Å². The summed E-state index contributed by atoms with van der Waals surface area (Å²) in [6.07, 6.45) is 2.65. The molecule has 0 saturated heterocycles. The second-order valence-electron chi connectivity index (χ2n) is 3.28. The Balaban J connectivity index is 2.32. The fourth-order valence-corrected chi connectivity index (χ4v) is 1.69. The van der Waals surface area contributed by atoms with Crippen molar-refractivity contribution in [3.05, 3.63) is 21.7 Å². The van der Waals surface area contributed by atoms with Gasteiger partial charge < -0.3 is 10.3 Å². The number of aryl methyl sites for hydroxylation is 1. The molecule has 0 aliphatic heterocycles. The predicted octanol–water partition coefficient (Wildman–Crippen LogP) is 0.0315. The third-order valence-electron chi connectivity index (χ3n) is 2.48. The Labute approximate surface area is 69.7 Å². The van der Waals surface area contributed by atoms with Gasteiger partial charge in [-0.3, -0.25) is 4.79 Å². The van der Waals surface area contributed by atoms with Crippen molar-refractivity contribution >= 4 is 0 Å². The first-order valence-electron chi connectivity index (χ1n) is 4.20. The zero-order valence-electron chi connectivity index (χ0n) is 6.80. The van der Waals surface area contributed by atoms with Crippen molar-refractivity contribution in [1.82, 2.24) is 5.16 Å². The molecule has 1 aromatic heterocycles. The van der Waals surface area contributed by atoms with Crippen molar-refractivity contribution < 1.29 is 4.52 Å². The Bertz CT molecular complexity index is 326. The average Bonchev–Trinajstić information content (AvgIpc) is 2.47. The minimum Gasteiger partial charge on any atom is -0.383 e. The first-order chi connectivity index (χ1) is 5.81. The normalized spacial score (nSPS) is 22.2. The van der Waals surface area contributed by atoms with Crippen LogP contribution in [-0.4, -0.2) is 11.7 Å². The molecule has 0 bridgehead atoms. The largest absolute Gasteiger partial charge is 0.383 e.